The Hall–Kier alpha value is -1.98. The number of fused-ring (bicyclic) bond motifs is 3. The SMILES string of the molecule is OC1c2cc(Br)ccc2C(O)(c2ccc3ccccc3c2)c2cc(Br)ccc21. The first-order valence-corrected chi connectivity index (χ1v) is 10.6. The average Bonchev–Trinajstić information content (AvgIpc) is 2.71. The van der Waals surface area contributed by atoms with Gasteiger partial charge in [-0.3, -0.25) is 0 Å². The van der Waals surface area contributed by atoms with Gasteiger partial charge < -0.3 is 10.2 Å². The van der Waals surface area contributed by atoms with Gasteiger partial charge in [0.15, 0.2) is 0 Å². The van der Waals surface area contributed by atoms with Crippen LogP contribution in [0.3, 0.4) is 0 Å². The molecule has 4 aromatic rings. The maximum Gasteiger partial charge on any atom is 0.141 e. The first-order chi connectivity index (χ1) is 13.5. The minimum Gasteiger partial charge on any atom is -0.384 e. The summed E-state index contributed by atoms with van der Waals surface area (Å²) in [6.45, 7) is 0. The average molecular weight is 496 g/mol. The summed E-state index contributed by atoms with van der Waals surface area (Å²) in [6.07, 6.45) is -0.795. The van der Waals surface area contributed by atoms with Gasteiger partial charge in [0.2, 0.25) is 0 Å². The van der Waals surface area contributed by atoms with E-state index in [1.807, 2.05) is 72.8 Å². The van der Waals surface area contributed by atoms with Crippen LogP contribution in [0.15, 0.2) is 87.8 Å². The van der Waals surface area contributed by atoms with Crippen molar-refractivity contribution in [3.8, 4) is 0 Å². The van der Waals surface area contributed by atoms with E-state index in [0.717, 1.165) is 25.3 Å². The Morgan fingerprint density at radius 1 is 0.679 bits per heavy atom. The van der Waals surface area contributed by atoms with Crippen molar-refractivity contribution in [2.45, 2.75) is 11.7 Å². The second-order valence-corrected chi connectivity index (χ2v) is 8.97. The molecule has 0 radical (unpaired) electrons. The van der Waals surface area contributed by atoms with E-state index in [1.165, 1.54) is 0 Å². The summed E-state index contributed by atoms with van der Waals surface area (Å²) < 4.78 is 1.73. The molecule has 4 heteroatoms. The van der Waals surface area contributed by atoms with E-state index in [-0.39, 0.29) is 0 Å². The number of aliphatic hydroxyl groups excluding tert-OH is 1. The van der Waals surface area contributed by atoms with Crippen LogP contribution in [0.25, 0.3) is 10.8 Å². The largest absolute Gasteiger partial charge is 0.384 e. The predicted molar refractivity (Wildman–Crippen MR) is 118 cm³/mol. The Kier molecular flexibility index (Phi) is 4.21. The van der Waals surface area contributed by atoms with Crippen molar-refractivity contribution in [3.63, 3.8) is 0 Å². The lowest BCUT2D eigenvalue weighted by Gasteiger charge is -2.39. The van der Waals surface area contributed by atoms with E-state index in [0.29, 0.717) is 22.3 Å². The zero-order chi connectivity index (χ0) is 19.5. The molecule has 1 aliphatic carbocycles. The molecule has 0 saturated heterocycles. The standard InChI is InChI=1S/C24H16Br2O2/c25-17-8-10-21-20(12-17)23(27)19-9-7-18(26)13-22(19)24(21,28)16-6-5-14-3-1-2-4-15(14)11-16/h1-13,23,27-28H. The number of hydrogen-bond acceptors (Lipinski definition) is 2. The molecule has 0 spiro atoms. The van der Waals surface area contributed by atoms with E-state index >= 15 is 0 Å². The van der Waals surface area contributed by atoms with Crippen LogP contribution in [0, 0.1) is 0 Å². The maximum atomic E-state index is 12.2. The van der Waals surface area contributed by atoms with Gasteiger partial charge in [-0.05, 0) is 68.9 Å². The van der Waals surface area contributed by atoms with Crippen LogP contribution in [0.5, 0.6) is 0 Å². The van der Waals surface area contributed by atoms with Crippen LogP contribution in [-0.2, 0) is 5.60 Å². The van der Waals surface area contributed by atoms with Crippen molar-refractivity contribution < 1.29 is 10.2 Å². The molecular weight excluding hydrogens is 480 g/mol. The van der Waals surface area contributed by atoms with Gasteiger partial charge in [-0.25, -0.2) is 0 Å². The number of hydrogen-bond donors (Lipinski definition) is 2. The molecule has 0 saturated carbocycles. The molecule has 0 aromatic heterocycles. The van der Waals surface area contributed by atoms with Crippen LogP contribution in [0.2, 0.25) is 0 Å². The van der Waals surface area contributed by atoms with Crippen molar-refractivity contribution in [1.82, 2.24) is 0 Å². The molecule has 0 fully saturated rings. The van der Waals surface area contributed by atoms with Crippen molar-refractivity contribution in [2.75, 3.05) is 0 Å². The number of aliphatic hydroxyl groups is 2. The van der Waals surface area contributed by atoms with Gasteiger partial charge in [0.1, 0.15) is 11.7 Å². The Balaban J connectivity index is 1.87. The van der Waals surface area contributed by atoms with Gasteiger partial charge in [-0.15, -0.1) is 0 Å². The molecule has 28 heavy (non-hydrogen) atoms. The molecule has 2 unspecified atom stereocenters. The van der Waals surface area contributed by atoms with Gasteiger partial charge in [-0.2, -0.15) is 0 Å². The molecule has 0 aliphatic heterocycles. The fourth-order valence-corrected chi connectivity index (χ4v) is 4.95. The quantitative estimate of drug-likeness (QED) is 0.337. The lowest BCUT2D eigenvalue weighted by Crippen LogP contribution is -2.36. The summed E-state index contributed by atoms with van der Waals surface area (Å²) in [5.74, 6) is 0. The molecule has 2 N–H and O–H groups in total. The predicted octanol–water partition coefficient (Wildman–Crippen LogP) is 6.04. The fourth-order valence-electron chi connectivity index (χ4n) is 4.21. The third kappa shape index (κ3) is 2.60. The molecule has 138 valence electrons. The van der Waals surface area contributed by atoms with E-state index < -0.39 is 11.7 Å². The summed E-state index contributed by atoms with van der Waals surface area (Å²) >= 11 is 7.02. The van der Waals surface area contributed by atoms with E-state index in [4.69, 9.17) is 0 Å². The third-order valence-corrected chi connectivity index (χ3v) is 6.55. The molecule has 4 aromatic carbocycles. The number of rotatable bonds is 1. The Morgan fingerprint density at radius 2 is 1.39 bits per heavy atom. The smallest absolute Gasteiger partial charge is 0.141 e. The van der Waals surface area contributed by atoms with Crippen LogP contribution in [0.1, 0.15) is 33.9 Å². The summed E-state index contributed by atoms with van der Waals surface area (Å²) in [7, 11) is 0. The molecule has 0 amide bonds. The van der Waals surface area contributed by atoms with Crippen molar-refractivity contribution >= 4 is 42.6 Å². The van der Waals surface area contributed by atoms with Gasteiger partial charge in [0.05, 0.1) is 0 Å². The van der Waals surface area contributed by atoms with Crippen molar-refractivity contribution in [3.05, 3.63) is 116 Å². The fraction of sp³-hybridized carbons (Fsp3) is 0.0833. The van der Waals surface area contributed by atoms with E-state index in [9.17, 15) is 10.2 Å². The molecule has 0 bridgehead atoms. The summed E-state index contributed by atoms with van der Waals surface area (Å²) in [6, 6.07) is 25.5. The monoisotopic (exact) mass is 494 g/mol. The normalized spacial score (nSPS) is 20.6. The van der Waals surface area contributed by atoms with Crippen LogP contribution in [-0.4, -0.2) is 10.2 Å². The first-order valence-electron chi connectivity index (χ1n) is 8.98. The lowest BCUT2D eigenvalue weighted by molar-refractivity contribution is 0.105. The topological polar surface area (TPSA) is 40.5 Å². The van der Waals surface area contributed by atoms with Crippen molar-refractivity contribution in [1.29, 1.82) is 0 Å². The highest BCUT2D eigenvalue weighted by atomic mass is 79.9. The highest BCUT2D eigenvalue weighted by Gasteiger charge is 2.43. The second kappa shape index (κ2) is 6.53. The molecule has 5 rings (SSSR count). The van der Waals surface area contributed by atoms with E-state index in [2.05, 4.69) is 37.9 Å². The highest BCUT2D eigenvalue weighted by molar-refractivity contribution is 9.10. The number of benzene rings is 4. The van der Waals surface area contributed by atoms with Crippen LogP contribution in [0.4, 0.5) is 0 Å². The maximum absolute atomic E-state index is 12.2. The highest BCUT2D eigenvalue weighted by Crippen LogP contribution is 2.49. The number of halogens is 2. The van der Waals surface area contributed by atoms with E-state index in [1.54, 1.807) is 0 Å². The summed E-state index contributed by atoms with van der Waals surface area (Å²) in [5.41, 5.74) is 2.23. The zero-order valence-electron chi connectivity index (χ0n) is 14.7. The van der Waals surface area contributed by atoms with Gasteiger partial charge >= 0.3 is 0 Å². The van der Waals surface area contributed by atoms with Crippen molar-refractivity contribution in [2.24, 2.45) is 0 Å². The minimum atomic E-state index is -1.36. The summed E-state index contributed by atoms with van der Waals surface area (Å²) in [5, 5.41) is 25.4. The third-order valence-electron chi connectivity index (χ3n) is 5.56. The van der Waals surface area contributed by atoms with Gasteiger partial charge in [-0.1, -0.05) is 80.4 Å². The van der Waals surface area contributed by atoms with Crippen LogP contribution < -0.4 is 0 Å². The van der Waals surface area contributed by atoms with Gasteiger partial charge in [0, 0.05) is 8.95 Å². The summed E-state index contributed by atoms with van der Waals surface area (Å²) in [4.78, 5) is 0. The molecule has 2 nitrogen and oxygen atoms in total. The molecule has 2 atom stereocenters. The Bertz CT molecular complexity index is 1230. The molecular formula is C24H16Br2O2. The first kappa shape index (κ1) is 18.1. The Labute approximate surface area is 179 Å². The van der Waals surface area contributed by atoms with Crippen LogP contribution >= 0.6 is 31.9 Å². The lowest BCUT2D eigenvalue weighted by atomic mass is 9.70. The second-order valence-electron chi connectivity index (χ2n) is 7.14. The minimum absolute atomic E-state index is 0.694. The Morgan fingerprint density at radius 3 is 2.21 bits per heavy atom. The molecule has 1 aliphatic rings. The molecule has 0 heterocycles. The zero-order valence-corrected chi connectivity index (χ0v) is 17.9. The van der Waals surface area contributed by atoms with Gasteiger partial charge in [0.25, 0.3) is 0 Å².